The van der Waals surface area contributed by atoms with Gasteiger partial charge in [0.15, 0.2) is 5.71 Å². The molecule has 0 aliphatic carbocycles. The first-order valence-corrected chi connectivity index (χ1v) is 23.9. The summed E-state index contributed by atoms with van der Waals surface area (Å²) in [6.45, 7) is 13.0. The molecule has 0 bridgehead atoms. The number of carbonyl (C=O) groups excluding carboxylic acids is 3. The molecule has 334 valence electrons. The zero-order valence-electron chi connectivity index (χ0n) is 35.8. The Morgan fingerprint density at radius 1 is 0.770 bits per heavy atom. The monoisotopic (exact) mass is 886 g/mol. The minimum absolute atomic E-state index is 0.0746. The molecular formula is C43H60N5O11S2+. The third-order valence-electron chi connectivity index (χ3n) is 11.0. The fourth-order valence-electron chi connectivity index (χ4n) is 7.98. The van der Waals surface area contributed by atoms with Crippen LogP contribution in [0.4, 0.5) is 11.4 Å². The number of fused-ring (bicyclic) bond motifs is 2. The second-order valence-corrected chi connectivity index (χ2v) is 19.5. The number of nitrogens with zero attached hydrogens (tertiary/aromatic N) is 2. The molecule has 0 radical (unpaired) electrons. The van der Waals surface area contributed by atoms with Crippen LogP contribution in [0.2, 0.25) is 0 Å². The number of carboxylic acid groups (broad SMARTS) is 1. The van der Waals surface area contributed by atoms with Gasteiger partial charge in [0.1, 0.15) is 6.54 Å². The van der Waals surface area contributed by atoms with E-state index in [0.717, 1.165) is 35.5 Å². The lowest BCUT2D eigenvalue weighted by Gasteiger charge is -2.27. The highest BCUT2D eigenvalue weighted by Gasteiger charge is 2.46. The Bertz CT molecular complexity index is 2330. The number of anilines is 1. The Morgan fingerprint density at radius 3 is 2.08 bits per heavy atom. The summed E-state index contributed by atoms with van der Waals surface area (Å²) in [6, 6.07) is 8.61. The van der Waals surface area contributed by atoms with Gasteiger partial charge in [0, 0.05) is 95.8 Å². The first-order valence-electron chi connectivity index (χ1n) is 20.6. The van der Waals surface area contributed by atoms with Gasteiger partial charge in [-0.2, -0.15) is 21.4 Å². The van der Waals surface area contributed by atoms with Crippen molar-refractivity contribution in [1.82, 2.24) is 16.0 Å². The largest absolute Gasteiger partial charge is 0.481 e. The fraction of sp³-hybridized carbons (Fsp3) is 0.512. The van der Waals surface area contributed by atoms with Crippen molar-refractivity contribution < 1.29 is 54.8 Å². The molecule has 61 heavy (non-hydrogen) atoms. The number of rotatable bonds is 22. The molecule has 0 unspecified atom stereocenters. The Morgan fingerprint density at radius 2 is 1.44 bits per heavy atom. The van der Waals surface area contributed by atoms with Gasteiger partial charge in [0.2, 0.25) is 5.69 Å². The maximum Gasteiger partial charge on any atom is 0.303 e. The van der Waals surface area contributed by atoms with Crippen molar-refractivity contribution in [3.63, 3.8) is 0 Å². The molecule has 2 aromatic rings. The zero-order chi connectivity index (χ0) is 45.3. The summed E-state index contributed by atoms with van der Waals surface area (Å²) in [6.07, 6.45) is 9.40. The van der Waals surface area contributed by atoms with Crippen LogP contribution in [-0.2, 0) is 35.9 Å². The minimum atomic E-state index is -4.35. The molecule has 2 aliphatic heterocycles. The predicted octanol–water partition coefficient (Wildman–Crippen LogP) is 5.12. The molecule has 16 nitrogen and oxygen atoms in total. The van der Waals surface area contributed by atoms with E-state index in [-0.39, 0.29) is 48.9 Å². The average Bonchev–Trinajstić information content (AvgIpc) is 3.51. The molecule has 2 aromatic carbocycles. The van der Waals surface area contributed by atoms with E-state index in [1.165, 1.54) is 6.07 Å². The number of carbonyl (C=O) groups is 4. The topological polar surface area (TPSA) is 240 Å². The molecule has 2 heterocycles. The molecule has 0 fully saturated rings. The van der Waals surface area contributed by atoms with Crippen molar-refractivity contribution in [2.45, 2.75) is 97.3 Å². The maximum absolute atomic E-state index is 13.8. The molecule has 0 aromatic heterocycles. The molecule has 4 rings (SSSR count). The number of nitrogens with one attached hydrogen (secondary N) is 3. The Balaban J connectivity index is 1.77. The summed E-state index contributed by atoms with van der Waals surface area (Å²) in [5, 5.41) is 17.2. The molecular weight excluding hydrogens is 827 g/mol. The predicted molar refractivity (Wildman–Crippen MR) is 234 cm³/mol. The highest BCUT2D eigenvalue weighted by atomic mass is 32.2. The van der Waals surface area contributed by atoms with Crippen molar-refractivity contribution in [2.24, 2.45) is 0 Å². The van der Waals surface area contributed by atoms with Crippen molar-refractivity contribution >= 4 is 61.0 Å². The van der Waals surface area contributed by atoms with Crippen LogP contribution in [0.25, 0.3) is 0 Å². The Hall–Kier alpha value is -4.91. The van der Waals surface area contributed by atoms with E-state index in [4.69, 9.17) is 5.11 Å². The lowest BCUT2D eigenvalue weighted by molar-refractivity contribution is -0.437. The number of carboxylic acids is 1. The van der Waals surface area contributed by atoms with Crippen LogP contribution in [0, 0.1) is 0 Å². The van der Waals surface area contributed by atoms with Crippen LogP contribution in [-0.4, -0.2) is 109 Å². The number of benzene rings is 2. The lowest BCUT2D eigenvalue weighted by atomic mass is 9.79. The second-order valence-electron chi connectivity index (χ2n) is 16.4. The summed E-state index contributed by atoms with van der Waals surface area (Å²) < 4.78 is 67.1. The van der Waals surface area contributed by atoms with Crippen LogP contribution in [0.1, 0.15) is 129 Å². The molecule has 0 saturated heterocycles. The van der Waals surface area contributed by atoms with Crippen LogP contribution in [0.5, 0.6) is 0 Å². The zero-order valence-corrected chi connectivity index (χ0v) is 37.5. The van der Waals surface area contributed by atoms with Crippen molar-refractivity contribution in [3.05, 3.63) is 82.1 Å². The standard InChI is InChI=1S/C43H59N5O11S2/c1-7-9-22-48-34-28-30(40(52)44-8-2)26-31(41(53)46-21-25-61(57,58)59)38(34)43(5,6)36(48)16-13-15-35-42(3,4)32-27-29(39(51)45-20-12-10-11-17-37(49)50)18-19-33(32)47(35)23-14-24-60(54,55)56/h13,15-16,18-19,26-28H,7-12,14,17,20-25H2,1-6H3,(H5-,44,45,46,49,50,51,52,53,54,55,56,57,58,59)/p+1. The number of aliphatic carboxylic acids is 1. The van der Waals surface area contributed by atoms with Crippen molar-refractivity contribution in [2.75, 3.05) is 49.1 Å². The normalized spacial score (nSPS) is 16.2. The van der Waals surface area contributed by atoms with Gasteiger partial charge in [0.25, 0.3) is 38.0 Å². The van der Waals surface area contributed by atoms with Crippen molar-refractivity contribution in [1.29, 1.82) is 0 Å². The second kappa shape index (κ2) is 20.3. The lowest BCUT2D eigenvalue weighted by Crippen LogP contribution is -2.32. The van der Waals surface area contributed by atoms with E-state index in [0.29, 0.717) is 55.7 Å². The molecule has 2 aliphatic rings. The van der Waals surface area contributed by atoms with Crippen LogP contribution < -0.4 is 20.9 Å². The van der Waals surface area contributed by atoms with E-state index in [9.17, 15) is 45.1 Å². The van der Waals surface area contributed by atoms with E-state index in [1.54, 1.807) is 19.1 Å². The first-order chi connectivity index (χ1) is 28.5. The Labute approximate surface area is 359 Å². The van der Waals surface area contributed by atoms with Gasteiger partial charge in [-0.05, 0) is 70.4 Å². The summed E-state index contributed by atoms with van der Waals surface area (Å²) in [5.41, 5.74) is 3.91. The number of hydrogen-bond acceptors (Lipinski definition) is 9. The molecule has 6 N–H and O–H groups in total. The van der Waals surface area contributed by atoms with Crippen molar-refractivity contribution in [3.8, 4) is 0 Å². The van der Waals surface area contributed by atoms with E-state index in [2.05, 4.69) is 27.8 Å². The van der Waals surface area contributed by atoms with E-state index in [1.807, 2.05) is 62.6 Å². The highest BCUT2D eigenvalue weighted by Crippen LogP contribution is 2.50. The quantitative estimate of drug-likeness (QED) is 0.0513. The van der Waals surface area contributed by atoms with Gasteiger partial charge in [-0.25, -0.2) is 0 Å². The third kappa shape index (κ3) is 12.4. The van der Waals surface area contributed by atoms with Gasteiger partial charge in [0.05, 0.1) is 16.9 Å². The first kappa shape index (κ1) is 48.8. The highest BCUT2D eigenvalue weighted by molar-refractivity contribution is 7.86. The van der Waals surface area contributed by atoms with E-state index >= 15 is 0 Å². The Kier molecular flexibility index (Phi) is 16.2. The van der Waals surface area contributed by atoms with Crippen LogP contribution in [0.15, 0.2) is 54.3 Å². The van der Waals surface area contributed by atoms with Gasteiger partial charge in [-0.1, -0.05) is 39.7 Å². The SMILES string of the molecule is CCCCN1C(=CC=CC2=[N+](CCCS(=O)(=O)O)c3ccc(C(=O)NCCCCCC(=O)O)cc3C2(C)C)C(C)(C)c2c(C(=O)NCCS(=O)(=O)O)cc(C(=O)NCC)cc21. The van der Waals surface area contributed by atoms with Gasteiger partial charge in [-0.3, -0.25) is 28.3 Å². The molecule has 3 amide bonds. The summed E-state index contributed by atoms with van der Waals surface area (Å²) in [5.74, 6) is -3.25. The summed E-state index contributed by atoms with van der Waals surface area (Å²) >= 11 is 0. The van der Waals surface area contributed by atoms with E-state index < -0.39 is 54.4 Å². The van der Waals surface area contributed by atoms with Crippen LogP contribution >= 0.6 is 0 Å². The number of amides is 3. The van der Waals surface area contributed by atoms with Gasteiger partial charge >= 0.3 is 5.97 Å². The fourth-order valence-corrected chi connectivity index (χ4v) is 8.84. The minimum Gasteiger partial charge on any atom is -0.481 e. The summed E-state index contributed by atoms with van der Waals surface area (Å²) in [7, 11) is -8.58. The number of unbranched alkanes of at least 4 members (excludes halogenated alkanes) is 3. The molecule has 0 spiro atoms. The maximum atomic E-state index is 13.8. The third-order valence-corrected chi connectivity index (χ3v) is 12.5. The van der Waals surface area contributed by atoms with Gasteiger partial charge in [-0.15, -0.1) is 0 Å². The molecule has 18 heteroatoms. The summed E-state index contributed by atoms with van der Waals surface area (Å²) in [4.78, 5) is 53.2. The smallest absolute Gasteiger partial charge is 0.303 e. The average molecular weight is 887 g/mol. The number of hydrogen-bond donors (Lipinski definition) is 6. The van der Waals surface area contributed by atoms with Gasteiger partial charge < -0.3 is 26.0 Å². The molecule has 0 atom stereocenters. The van der Waals surface area contributed by atoms with Crippen LogP contribution in [0.3, 0.4) is 0 Å². The molecule has 0 saturated carbocycles. The number of allylic oxidation sites excluding steroid dienone is 4.